The lowest BCUT2D eigenvalue weighted by Gasteiger charge is -2.53. The normalized spacial score (nSPS) is 19.8. The Morgan fingerprint density at radius 2 is 1.89 bits per heavy atom. The lowest BCUT2D eigenvalue weighted by molar-refractivity contribution is 0.0335. The topological polar surface area (TPSA) is 36.7 Å². The van der Waals surface area contributed by atoms with E-state index >= 15 is 0 Å². The van der Waals surface area contributed by atoms with Gasteiger partial charge in [-0.05, 0) is 43.2 Å². The summed E-state index contributed by atoms with van der Waals surface area (Å²) >= 11 is 0. The van der Waals surface area contributed by atoms with E-state index in [-0.39, 0.29) is 5.41 Å². The molecule has 2 rings (SSSR count). The van der Waals surface area contributed by atoms with E-state index in [2.05, 4.69) is 24.9 Å². The Hall–Kier alpha value is -1.36. The predicted molar refractivity (Wildman–Crippen MR) is 73.0 cm³/mol. The minimum atomic E-state index is -0.314. The Kier molecular flexibility index (Phi) is 3.71. The fraction of sp³-hybridized carbons (Fsp3) is 0.625. The number of nitriles is 1. The molecule has 0 atom stereocenters. The zero-order chi connectivity index (χ0) is 13.1. The van der Waals surface area contributed by atoms with Crippen LogP contribution in [0.2, 0.25) is 0 Å². The van der Waals surface area contributed by atoms with Crippen LogP contribution >= 0.6 is 0 Å². The van der Waals surface area contributed by atoms with Crippen LogP contribution in [0.3, 0.4) is 0 Å². The first-order valence-corrected chi connectivity index (χ1v) is 7.03. The third-order valence-corrected chi connectivity index (χ3v) is 4.28. The van der Waals surface area contributed by atoms with Crippen molar-refractivity contribution in [2.75, 3.05) is 0 Å². The Morgan fingerprint density at radius 1 is 1.22 bits per heavy atom. The summed E-state index contributed by atoms with van der Waals surface area (Å²) in [6.07, 6.45) is 8.71. The van der Waals surface area contributed by atoms with Gasteiger partial charge >= 0.3 is 0 Å². The van der Waals surface area contributed by atoms with E-state index in [0.29, 0.717) is 5.41 Å². The van der Waals surface area contributed by atoms with Crippen molar-refractivity contribution in [3.63, 3.8) is 0 Å². The lowest BCUT2D eigenvalue weighted by atomic mass is 9.49. The van der Waals surface area contributed by atoms with E-state index < -0.39 is 0 Å². The van der Waals surface area contributed by atoms with Crippen molar-refractivity contribution in [2.24, 2.45) is 5.41 Å². The highest BCUT2D eigenvalue weighted by molar-refractivity contribution is 5.33. The summed E-state index contributed by atoms with van der Waals surface area (Å²) in [5, 5.41) is 9.57. The SMILES string of the molecule is CCCC1(CCC)CC(C#N)(c2ccccn2)C1. The van der Waals surface area contributed by atoms with Gasteiger partial charge in [0.15, 0.2) is 0 Å². The molecule has 1 saturated carbocycles. The summed E-state index contributed by atoms with van der Waals surface area (Å²) in [5.74, 6) is 0. The Labute approximate surface area is 110 Å². The highest BCUT2D eigenvalue weighted by atomic mass is 14.7. The summed E-state index contributed by atoms with van der Waals surface area (Å²) < 4.78 is 0. The maximum atomic E-state index is 9.57. The number of hydrogen-bond acceptors (Lipinski definition) is 2. The summed E-state index contributed by atoms with van der Waals surface area (Å²) in [6.45, 7) is 4.48. The van der Waals surface area contributed by atoms with Crippen LogP contribution in [0.1, 0.15) is 58.1 Å². The van der Waals surface area contributed by atoms with Gasteiger partial charge in [0, 0.05) is 6.20 Å². The second-order valence-electron chi connectivity index (χ2n) is 5.76. The van der Waals surface area contributed by atoms with Crippen molar-refractivity contribution in [1.29, 1.82) is 5.26 Å². The molecule has 0 aromatic carbocycles. The van der Waals surface area contributed by atoms with E-state index in [0.717, 1.165) is 18.5 Å². The Morgan fingerprint density at radius 3 is 2.33 bits per heavy atom. The van der Waals surface area contributed by atoms with E-state index in [9.17, 15) is 5.26 Å². The molecule has 1 aliphatic carbocycles. The first-order valence-electron chi connectivity index (χ1n) is 7.03. The second kappa shape index (κ2) is 5.10. The van der Waals surface area contributed by atoms with Gasteiger partial charge in [0.05, 0.1) is 11.8 Å². The molecule has 0 unspecified atom stereocenters. The summed E-state index contributed by atoms with van der Waals surface area (Å²) in [7, 11) is 0. The van der Waals surface area contributed by atoms with Crippen LogP contribution in [0.5, 0.6) is 0 Å². The molecule has 2 nitrogen and oxygen atoms in total. The molecule has 2 heteroatoms. The van der Waals surface area contributed by atoms with Gasteiger partial charge in [-0.1, -0.05) is 32.8 Å². The van der Waals surface area contributed by atoms with Gasteiger partial charge in [-0.25, -0.2) is 0 Å². The average molecular weight is 242 g/mol. The molecular formula is C16H22N2. The Bertz CT molecular complexity index is 416. The van der Waals surface area contributed by atoms with Crippen molar-refractivity contribution in [3.8, 4) is 6.07 Å². The maximum Gasteiger partial charge on any atom is 0.100 e. The predicted octanol–water partition coefficient (Wildman–Crippen LogP) is 4.22. The molecule has 0 bridgehead atoms. The van der Waals surface area contributed by atoms with Gasteiger partial charge in [-0.15, -0.1) is 0 Å². The molecule has 1 heterocycles. The van der Waals surface area contributed by atoms with E-state index in [1.165, 1.54) is 25.7 Å². The molecule has 1 aliphatic rings. The minimum Gasteiger partial charge on any atom is -0.260 e. The van der Waals surface area contributed by atoms with Crippen molar-refractivity contribution in [1.82, 2.24) is 4.98 Å². The first-order chi connectivity index (χ1) is 8.70. The van der Waals surface area contributed by atoms with Crippen LogP contribution in [0.4, 0.5) is 0 Å². The number of nitrogens with zero attached hydrogens (tertiary/aromatic N) is 2. The number of hydrogen-bond donors (Lipinski definition) is 0. The molecule has 96 valence electrons. The van der Waals surface area contributed by atoms with Crippen molar-refractivity contribution < 1.29 is 0 Å². The summed E-state index contributed by atoms with van der Waals surface area (Å²) in [4.78, 5) is 4.41. The molecule has 0 N–H and O–H groups in total. The second-order valence-corrected chi connectivity index (χ2v) is 5.76. The van der Waals surface area contributed by atoms with E-state index in [1.807, 2.05) is 18.2 Å². The smallest absolute Gasteiger partial charge is 0.100 e. The average Bonchev–Trinajstić information content (AvgIpc) is 2.36. The number of rotatable bonds is 5. The molecular weight excluding hydrogens is 220 g/mol. The summed E-state index contributed by atoms with van der Waals surface area (Å²) in [6, 6.07) is 8.45. The molecule has 1 aromatic heterocycles. The van der Waals surface area contributed by atoms with E-state index in [1.54, 1.807) is 6.20 Å². The van der Waals surface area contributed by atoms with Crippen molar-refractivity contribution in [2.45, 2.75) is 57.8 Å². The van der Waals surface area contributed by atoms with Crippen LogP contribution in [-0.4, -0.2) is 4.98 Å². The number of aromatic nitrogens is 1. The standard InChI is InChI=1S/C16H22N2/c1-3-8-15(9-4-2)11-16(12-15,13-17)14-7-5-6-10-18-14/h5-7,10H,3-4,8-9,11-12H2,1-2H3. The molecule has 0 radical (unpaired) electrons. The van der Waals surface area contributed by atoms with Gasteiger partial charge in [0.1, 0.15) is 5.41 Å². The fourth-order valence-corrected chi connectivity index (χ4v) is 3.73. The number of pyridine rings is 1. The van der Waals surface area contributed by atoms with Gasteiger partial charge in [-0.3, -0.25) is 4.98 Å². The third kappa shape index (κ3) is 2.14. The molecule has 0 saturated heterocycles. The lowest BCUT2D eigenvalue weighted by Crippen LogP contribution is -2.49. The van der Waals surface area contributed by atoms with Crippen LogP contribution in [0.25, 0.3) is 0 Å². The monoisotopic (exact) mass is 242 g/mol. The molecule has 1 fully saturated rings. The molecule has 0 aliphatic heterocycles. The van der Waals surface area contributed by atoms with Gasteiger partial charge < -0.3 is 0 Å². The molecule has 0 spiro atoms. The highest BCUT2D eigenvalue weighted by Gasteiger charge is 2.55. The van der Waals surface area contributed by atoms with Crippen LogP contribution < -0.4 is 0 Å². The van der Waals surface area contributed by atoms with Crippen molar-refractivity contribution in [3.05, 3.63) is 30.1 Å². The quantitative estimate of drug-likeness (QED) is 0.775. The third-order valence-electron chi connectivity index (χ3n) is 4.28. The van der Waals surface area contributed by atoms with E-state index in [4.69, 9.17) is 0 Å². The molecule has 18 heavy (non-hydrogen) atoms. The Balaban J connectivity index is 2.18. The first kappa shape index (κ1) is 13.1. The van der Waals surface area contributed by atoms with Crippen LogP contribution in [0.15, 0.2) is 24.4 Å². The van der Waals surface area contributed by atoms with Crippen LogP contribution in [0, 0.1) is 16.7 Å². The van der Waals surface area contributed by atoms with Gasteiger partial charge in [-0.2, -0.15) is 5.26 Å². The summed E-state index contributed by atoms with van der Waals surface area (Å²) in [5.41, 5.74) is 1.05. The highest BCUT2D eigenvalue weighted by Crippen LogP contribution is 2.59. The zero-order valence-corrected chi connectivity index (χ0v) is 11.4. The van der Waals surface area contributed by atoms with Gasteiger partial charge in [0.25, 0.3) is 0 Å². The van der Waals surface area contributed by atoms with Crippen LogP contribution in [-0.2, 0) is 5.41 Å². The maximum absolute atomic E-state index is 9.57. The zero-order valence-electron chi connectivity index (χ0n) is 11.4. The van der Waals surface area contributed by atoms with Gasteiger partial charge in [0.2, 0.25) is 0 Å². The van der Waals surface area contributed by atoms with Crippen molar-refractivity contribution >= 4 is 0 Å². The minimum absolute atomic E-state index is 0.314. The molecule has 1 aromatic rings. The molecule has 0 amide bonds. The fourth-order valence-electron chi connectivity index (χ4n) is 3.73. The largest absolute Gasteiger partial charge is 0.260 e.